The smallest absolute Gasteiger partial charge is 0.132 e. The maximum Gasteiger partial charge on any atom is 0.132 e. The molecule has 0 aliphatic heterocycles. The molecule has 1 aromatic rings. The Balaban J connectivity index is 2.63. The van der Waals surface area contributed by atoms with Crippen LogP contribution in [-0.2, 0) is 11.2 Å². The normalized spacial score (nSPS) is 10.2. The van der Waals surface area contributed by atoms with E-state index in [2.05, 4.69) is 15.9 Å². The molecule has 0 aliphatic carbocycles. The second kappa shape index (κ2) is 5.25. The Morgan fingerprint density at radius 3 is 2.79 bits per heavy atom. The summed E-state index contributed by atoms with van der Waals surface area (Å²) in [7, 11) is 0. The molecule has 1 rings (SSSR count). The molecule has 0 saturated heterocycles. The number of hydrogen-bond donors (Lipinski definition) is 0. The van der Waals surface area contributed by atoms with Gasteiger partial charge < -0.3 is 0 Å². The van der Waals surface area contributed by atoms with Gasteiger partial charge in [-0.25, -0.2) is 4.39 Å². The topological polar surface area (TPSA) is 17.1 Å². The van der Waals surface area contributed by atoms with Gasteiger partial charge in [-0.1, -0.05) is 28.9 Å². The number of benzene rings is 1. The Kier molecular flexibility index (Phi) is 4.26. The summed E-state index contributed by atoms with van der Waals surface area (Å²) in [5, 5.41) is 0. The van der Waals surface area contributed by atoms with Crippen LogP contribution in [0, 0.1) is 5.82 Å². The van der Waals surface area contributed by atoms with Crippen LogP contribution < -0.4 is 0 Å². The molecule has 0 heterocycles. The Hall–Kier alpha value is -0.700. The van der Waals surface area contributed by atoms with Gasteiger partial charge in [-0.05, 0) is 24.1 Å². The van der Waals surface area contributed by atoms with E-state index in [4.69, 9.17) is 0 Å². The third kappa shape index (κ3) is 3.22. The molecule has 0 spiro atoms. The molecule has 3 heteroatoms. The van der Waals surface area contributed by atoms with Gasteiger partial charge >= 0.3 is 0 Å². The number of hydrogen-bond acceptors (Lipinski definition) is 1. The first-order valence-corrected chi connectivity index (χ1v) is 5.38. The monoisotopic (exact) mass is 258 g/mol. The van der Waals surface area contributed by atoms with E-state index >= 15 is 0 Å². The lowest BCUT2D eigenvalue weighted by Crippen LogP contribution is -1.98. The Bertz CT molecular complexity index is 336. The average Bonchev–Trinajstić information content (AvgIpc) is 2.16. The molecule has 0 bridgehead atoms. The Morgan fingerprint density at radius 1 is 1.50 bits per heavy atom. The molecule has 0 aromatic heterocycles. The number of aryl methyl sites for hydroxylation is 1. The predicted octanol–water partition coefficient (Wildman–Crippen LogP) is 3.50. The maximum absolute atomic E-state index is 12.7. The van der Waals surface area contributed by atoms with Gasteiger partial charge in [-0.3, -0.25) is 4.79 Å². The summed E-state index contributed by atoms with van der Waals surface area (Å²) < 4.78 is 13.5. The third-order valence-corrected chi connectivity index (χ3v) is 2.82. The Morgan fingerprint density at radius 2 is 2.21 bits per heavy atom. The fourth-order valence-corrected chi connectivity index (χ4v) is 1.72. The molecule has 14 heavy (non-hydrogen) atoms. The van der Waals surface area contributed by atoms with E-state index in [-0.39, 0.29) is 11.6 Å². The number of Topliss-reactive ketones (excluding diaryl/α,β-unsaturated/α-hetero) is 1. The Labute approximate surface area is 91.5 Å². The van der Waals surface area contributed by atoms with Crippen LogP contribution in [0.25, 0.3) is 0 Å². The van der Waals surface area contributed by atoms with Crippen molar-refractivity contribution < 1.29 is 9.18 Å². The first-order chi connectivity index (χ1) is 6.63. The van der Waals surface area contributed by atoms with Crippen LogP contribution in [0.15, 0.2) is 22.7 Å². The average molecular weight is 259 g/mol. The van der Waals surface area contributed by atoms with Gasteiger partial charge in [-0.15, -0.1) is 0 Å². The first-order valence-electron chi connectivity index (χ1n) is 4.59. The summed E-state index contributed by atoms with van der Waals surface area (Å²) in [6.07, 6.45) is 1.77. The highest BCUT2D eigenvalue weighted by Gasteiger charge is 2.04. The minimum atomic E-state index is -0.262. The molecule has 0 atom stereocenters. The van der Waals surface area contributed by atoms with E-state index in [1.54, 1.807) is 6.07 Å². The van der Waals surface area contributed by atoms with E-state index in [1.165, 1.54) is 12.1 Å². The lowest BCUT2D eigenvalue weighted by atomic mass is 10.1. The zero-order valence-electron chi connectivity index (χ0n) is 8.02. The van der Waals surface area contributed by atoms with E-state index in [0.29, 0.717) is 19.3 Å². The van der Waals surface area contributed by atoms with Crippen molar-refractivity contribution in [1.29, 1.82) is 0 Å². The lowest BCUT2D eigenvalue weighted by molar-refractivity contribution is -0.118. The van der Waals surface area contributed by atoms with E-state index in [1.807, 2.05) is 6.92 Å². The third-order valence-electron chi connectivity index (χ3n) is 2.08. The summed E-state index contributed by atoms with van der Waals surface area (Å²) >= 11 is 3.27. The SMILES string of the molecule is CCC(=O)CCc1ccc(F)cc1Br. The minimum absolute atomic E-state index is 0.237. The predicted molar refractivity (Wildman–Crippen MR) is 57.7 cm³/mol. The molecule has 0 aliphatic rings. The molecule has 1 nitrogen and oxygen atoms in total. The number of carbonyl (C=O) groups is 1. The quantitative estimate of drug-likeness (QED) is 0.808. The molecule has 0 radical (unpaired) electrons. The molecule has 76 valence electrons. The van der Waals surface area contributed by atoms with Crippen molar-refractivity contribution in [3.05, 3.63) is 34.1 Å². The van der Waals surface area contributed by atoms with Crippen LogP contribution in [0.1, 0.15) is 25.3 Å². The van der Waals surface area contributed by atoms with Crippen molar-refractivity contribution in [3.8, 4) is 0 Å². The first kappa shape index (κ1) is 11.4. The van der Waals surface area contributed by atoms with Crippen molar-refractivity contribution in [1.82, 2.24) is 0 Å². The summed E-state index contributed by atoms with van der Waals surface area (Å²) in [6.45, 7) is 1.85. The highest BCUT2D eigenvalue weighted by atomic mass is 79.9. The van der Waals surface area contributed by atoms with Crippen LogP contribution in [0.2, 0.25) is 0 Å². The van der Waals surface area contributed by atoms with Crippen LogP contribution in [-0.4, -0.2) is 5.78 Å². The fraction of sp³-hybridized carbons (Fsp3) is 0.364. The molecule has 0 amide bonds. The van der Waals surface area contributed by atoms with Gasteiger partial charge in [0.05, 0.1) is 0 Å². The van der Waals surface area contributed by atoms with Gasteiger partial charge in [-0.2, -0.15) is 0 Å². The van der Waals surface area contributed by atoms with Crippen LogP contribution in [0.5, 0.6) is 0 Å². The maximum atomic E-state index is 12.7. The van der Waals surface area contributed by atoms with Crippen molar-refractivity contribution in [2.45, 2.75) is 26.2 Å². The van der Waals surface area contributed by atoms with Gasteiger partial charge in [0.1, 0.15) is 11.6 Å². The summed E-state index contributed by atoms with van der Waals surface area (Å²) in [5.41, 5.74) is 0.980. The summed E-state index contributed by atoms with van der Waals surface area (Å²) in [5.74, 6) is -0.0244. The molecule has 0 N–H and O–H groups in total. The van der Waals surface area contributed by atoms with Gasteiger partial charge in [0, 0.05) is 17.3 Å². The highest BCUT2D eigenvalue weighted by Crippen LogP contribution is 2.19. The van der Waals surface area contributed by atoms with Crippen LogP contribution in [0.3, 0.4) is 0 Å². The number of halogens is 2. The zero-order chi connectivity index (χ0) is 10.6. The number of carbonyl (C=O) groups excluding carboxylic acids is 1. The van der Waals surface area contributed by atoms with Crippen molar-refractivity contribution >= 4 is 21.7 Å². The fourth-order valence-electron chi connectivity index (χ4n) is 1.18. The van der Waals surface area contributed by atoms with Crippen LogP contribution >= 0.6 is 15.9 Å². The van der Waals surface area contributed by atoms with Gasteiger partial charge in [0.2, 0.25) is 0 Å². The van der Waals surface area contributed by atoms with Crippen molar-refractivity contribution in [2.24, 2.45) is 0 Å². The van der Waals surface area contributed by atoms with E-state index in [0.717, 1.165) is 10.0 Å². The molecular formula is C11H12BrFO. The number of rotatable bonds is 4. The molecule has 1 aromatic carbocycles. The molecular weight excluding hydrogens is 247 g/mol. The van der Waals surface area contributed by atoms with E-state index < -0.39 is 0 Å². The lowest BCUT2D eigenvalue weighted by Gasteiger charge is -2.03. The summed E-state index contributed by atoms with van der Waals surface area (Å²) in [4.78, 5) is 11.1. The molecule has 0 fully saturated rings. The second-order valence-corrected chi connectivity index (χ2v) is 3.98. The molecule has 0 saturated carbocycles. The van der Waals surface area contributed by atoms with E-state index in [9.17, 15) is 9.18 Å². The zero-order valence-corrected chi connectivity index (χ0v) is 9.60. The second-order valence-electron chi connectivity index (χ2n) is 3.13. The van der Waals surface area contributed by atoms with Crippen molar-refractivity contribution in [2.75, 3.05) is 0 Å². The van der Waals surface area contributed by atoms with Crippen LogP contribution in [0.4, 0.5) is 4.39 Å². The van der Waals surface area contributed by atoms with Gasteiger partial charge in [0.15, 0.2) is 0 Å². The molecule has 0 unspecified atom stereocenters. The number of ketones is 1. The summed E-state index contributed by atoms with van der Waals surface area (Å²) in [6, 6.07) is 4.55. The van der Waals surface area contributed by atoms with Gasteiger partial charge in [0.25, 0.3) is 0 Å². The highest BCUT2D eigenvalue weighted by molar-refractivity contribution is 9.10. The largest absolute Gasteiger partial charge is 0.300 e. The standard InChI is InChI=1S/C11H12BrFO/c1-2-10(14)6-4-8-3-5-9(13)7-11(8)12/h3,5,7H,2,4,6H2,1H3. The van der Waals surface area contributed by atoms with Crippen molar-refractivity contribution in [3.63, 3.8) is 0 Å². The minimum Gasteiger partial charge on any atom is -0.300 e.